The van der Waals surface area contributed by atoms with Crippen molar-refractivity contribution in [3.63, 3.8) is 0 Å². The summed E-state index contributed by atoms with van der Waals surface area (Å²) in [7, 11) is 0. The molecule has 34 heavy (non-hydrogen) atoms. The fraction of sp³-hybridized carbons (Fsp3) is 0.192. The van der Waals surface area contributed by atoms with Gasteiger partial charge in [-0.1, -0.05) is 60.7 Å². The van der Waals surface area contributed by atoms with Crippen LogP contribution in [0.15, 0.2) is 77.7 Å². The van der Waals surface area contributed by atoms with Crippen LogP contribution < -0.4 is 10.2 Å². The number of rotatable bonds is 5. The maximum absolute atomic E-state index is 13.1. The number of carbonyl (C=O) groups is 3. The van der Waals surface area contributed by atoms with Gasteiger partial charge in [-0.15, -0.1) is 11.8 Å². The number of carbonyl (C=O) groups excluding carboxylic acids is 2. The number of alkyl carbamates (subject to hydrolysis) is 1. The number of nitrogens with one attached hydrogen (secondary N) is 1. The van der Waals surface area contributed by atoms with E-state index in [1.165, 1.54) is 16.7 Å². The maximum atomic E-state index is 13.1. The van der Waals surface area contributed by atoms with Gasteiger partial charge in [0.05, 0.1) is 5.69 Å². The summed E-state index contributed by atoms with van der Waals surface area (Å²) in [5.41, 5.74) is 4.98. The standard InChI is InChI=1S/C26H22N2O5S/c29-24(30)13-28-22-11-5-6-12-23(22)34-15-21(25(28)31)27-26(32)33-14-20-18-9-3-1-7-16(18)17-8-2-4-10-19(17)20/h1-12,20-21H,13-15H2,(H,27,32)(H,29,30)/t21-/m1/s1. The molecule has 0 unspecified atom stereocenters. The number of fused-ring (bicyclic) bond motifs is 4. The molecule has 1 aliphatic heterocycles. The monoisotopic (exact) mass is 474 g/mol. The van der Waals surface area contributed by atoms with Crippen molar-refractivity contribution in [2.75, 3.05) is 23.8 Å². The van der Waals surface area contributed by atoms with Crippen LogP contribution in [0, 0.1) is 0 Å². The Morgan fingerprint density at radius 3 is 2.26 bits per heavy atom. The Kier molecular flexibility index (Phi) is 5.98. The summed E-state index contributed by atoms with van der Waals surface area (Å²) in [5.74, 6) is -1.43. The highest BCUT2D eigenvalue weighted by atomic mass is 32.2. The Balaban J connectivity index is 1.30. The molecular weight excluding hydrogens is 452 g/mol. The molecule has 2 amide bonds. The number of para-hydroxylation sites is 1. The third-order valence-corrected chi connectivity index (χ3v) is 7.21. The zero-order valence-corrected chi connectivity index (χ0v) is 19.0. The Bertz CT molecular complexity index is 1230. The predicted molar refractivity (Wildman–Crippen MR) is 129 cm³/mol. The van der Waals surface area contributed by atoms with Gasteiger partial charge < -0.3 is 15.2 Å². The van der Waals surface area contributed by atoms with Crippen molar-refractivity contribution in [2.45, 2.75) is 16.9 Å². The highest BCUT2D eigenvalue weighted by molar-refractivity contribution is 7.99. The van der Waals surface area contributed by atoms with Crippen LogP contribution in [0.25, 0.3) is 11.1 Å². The second kappa shape index (κ2) is 9.23. The first kappa shape index (κ1) is 22.0. The van der Waals surface area contributed by atoms with Crippen LogP contribution >= 0.6 is 11.8 Å². The molecular formula is C26H22N2O5S. The van der Waals surface area contributed by atoms with Crippen molar-refractivity contribution in [3.8, 4) is 11.1 Å². The lowest BCUT2D eigenvalue weighted by Gasteiger charge is -2.24. The van der Waals surface area contributed by atoms with Crippen LogP contribution in [0.2, 0.25) is 0 Å². The highest BCUT2D eigenvalue weighted by Gasteiger charge is 2.34. The molecule has 0 bridgehead atoms. The second-order valence-electron chi connectivity index (χ2n) is 8.12. The number of hydrogen-bond acceptors (Lipinski definition) is 5. The molecule has 0 aromatic heterocycles. The fourth-order valence-electron chi connectivity index (χ4n) is 4.54. The van der Waals surface area contributed by atoms with E-state index < -0.39 is 30.6 Å². The Morgan fingerprint density at radius 1 is 0.971 bits per heavy atom. The summed E-state index contributed by atoms with van der Waals surface area (Å²) in [5, 5.41) is 12.0. The van der Waals surface area contributed by atoms with E-state index in [-0.39, 0.29) is 18.3 Å². The summed E-state index contributed by atoms with van der Waals surface area (Å²) in [4.78, 5) is 39.3. The van der Waals surface area contributed by atoms with E-state index in [1.54, 1.807) is 12.1 Å². The Morgan fingerprint density at radius 2 is 1.59 bits per heavy atom. The molecule has 0 spiro atoms. The molecule has 2 aliphatic rings. The number of carboxylic acid groups (broad SMARTS) is 1. The third-order valence-electron chi connectivity index (χ3n) is 6.05. The van der Waals surface area contributed by atoms with Gasteiger partial charge in [-0.25, -0.2) is 4.79 Å². The van der Waals surface area contributed by atoms with Crippen LogP contribution in [0.5, 0.6) is 0 Å². The number of nitrogens with zero attached hydrogens (tertiary/aromatic N) is 1. The fourth-order valence-corrected chi connectivity index (χ4v) is 5.61. The Hall–Kier alpha value is -3.78. The van der Waals surface area contributed by atoms with Gasteiger partial charge in [0.25, 0.3) is 5.91 Å². The lowest BCUT2D eigenvalue weighted by Crippen LogP contribution is -2.50. The quantitative estimate of drug-likeness (QED) is 0.578. The van der Waals surface area contributed by atoms with E-state index in [9.17, 15) is 19.5 Å². The molecule has 0 radical (unpaired) electrons. The first-order chi connectivity index (χ1) is 16.5. The van der Waals surface area contributed by atoms with Crippen LogP contribution in [0.4, 0.5) is 10.5 Å². The van der Waals surface area contributed by atoms with Crippen LogP contribution in [0.3, 0.4) is 0 Å². The third kappa shape index (κ3) is 4.12. The van der Waals surface area contributed by atoms with Gasteiger partial charge in [0, 0.05) is 16.6 Å². The second-order valence-corrected chi connectivity index (χ2v) is 9.18. The molecule has 172 valence electrons. The predicted octanol–water partition coefficient (Wildman–Crippen LogP) is 4.12. The molecule has 0 saturated carbocycles. The van der Waals surface area contributed by atoms with Crippen molar-refractivity contribution >= 4 is 35.4 Å². The average Bonchev–Trinajstić information content (AvgIpc) is 3.10. The number of ether oxygens (including phenoxy) is 1. The highest BCUT2D eigenvalue weighted by Crippen LogP contribution is 2.44. The van der Waals surface area contributed by atoms with E-state index >= 15 is 0 Å². The van der Waals surface area contributed by atoms with Gasteiger partial charge in [0.15, 0.2) is 0 Å². The van der Waals surface area contributed by atoms with Crippen LogP contribution in [-0.2, 0) is 14.3 Å². The molecule has 7 nitrogen and oxygen atoms in total. The van der Waals surface area contributed by atoms with E-state index in [0.717, 1.165) is 27.1 Å². The van der Waals surface area contributed by atoms with E-state index in [2.05, 4.69) is 17.4 Å². The molecule has 1 atom stereocenters. The smallest absolute Gasteiger partial charge is 0.407 e. The van der Waals surface area contributed by atoms with Crippen molar-refractivity contribution in [1.29, 1.82) is 0 Å². The molecule has 0 fully saturated rings. The van der Waals surface area contributed by atoms with E-state index in [4.69, 9.17) is 4.74 Å². The minimum Gasteiger partial charge on any atom is -0.480 e. The maximum Gasteiger partial charge on any atom is 0.407 e. The number of anilines is 1. The van der Waals surface area contributed by atoms with Gasteiger partial charge in [-0.05, 0) is 34.4 Å². The Labute approximate surface area is 200 Å². The van der Waals surface area contributed by atoms with Crippen molar-refractivity contribution < 1.29 is 24.2 Å². The van der Waals surface area contributed by atoms with Crippen molar-refractivity contribution in [1.82, 2.24) is 5.32 Å². The van der Waals surface area contributed by atoms with Crippen LogP contribution in [0.1, 0.15) is 17.0 Å². The largest absolute Gasteiger partial charge is 0.480 e. The topological polar surface area (TPSA) is 95.9 Å². The number of benzene rings is 3. The number of aliphatic carboxylic acids is 1. The van der Waals surface area contributed by atoms with Crippen molar-refractivity contribution in [3.05, 3.63) is 83.9 Å². The number of carboxylic acids is 1. The number of hydrogen-bond donors (Lipinski definition) is 2. The SMILES string of the molecule is O=C(O)CN1C(=O)[C@H](NC(=O)OCC2c3ccccc3-c3ccccc32)CSc2ccccc21. The summed E-state index contributed by atoms with van der Waals surface area (Å²) in [6.45, 7) is -0.355. The summed E-state index contributed by atoms with van der Waals surface area (Å²) < 4.78 is 5.58. The number of thioether (sulfide) groups is 1. The minimum absolute atomic E-state index is 0.0925. The molecule has 3 aromatic rings. The van der Waals surface area contributed by atoms with E-state index in [1.807, 2.05) is 48.5 Å². The van der Waals surface area contributed by atoms with Gasteiger partial charge in [-0.3, -0.25) is 14.5 Å². The summed E-state index contributed by atoms with van der Waals surface area (Å²) in [6.07, 6.45) is -0.706. The van der Waals surface area contributed by atoms with Crippen molar-refractivity contribution in [2.24, 2.45) is 0 Å². The molecule has 0 saturated heterocycles. The first-order valence-corrected chi connectivity index (χ1v) is 11.9. The molecule has 1 heterocycles. The molecule has 8 heteroatoms. The molecule has 1 aliphatic carbocycles. The number of amides is 2. The zero-order valence-electron chi connectivity index (χ0n) is 18.1. The van der Waals surface area contributed by atoms with Gasteiger partial charge in [-0.2, -0.15) is 0 Å². The minimum atomic E-state index is -1.13. The normalized spacial score (nSPS) is 16.8. The first-order valence-electron chi connectivity index (χ1n) is 10.9. The lowest BCUT2D eigenvalue weighted by atomic mass is 9.98. The molecule has 3 aromatic carbocycles. The van der Waals surface area contributed by atoms with E-state index in [0.29, 0.717) is 5.69 Å². The summed E-state index contributed by atoms with van der Waals surface area (Å²) >= 11 is 1.39. The van der Waals surface area contributed by atoms with Gasteiger partial charge in [0.1, 0.15) is 19.2 Å². The van der Waals surface area contributed by atoms with Gasteiger partial charge >= 0.3 is 12.1 Å². The van der Waals surface area contributed by atoms with Crippen LogP contribution in [-0.4, -0.2) is 48.0 Å². The zero-order chi connectivity index (χ0) is 23.7. The average molecular weight is 475 g/mol. The molecule has 2 N–H and O–H groups in total. The van der Waals surface area contributed by atoms with Gasteiger partial charge in [0.2, 0.25) is 0 Å². The lowest BCUT2D eigenvalue weighted by molar-refractivity contribution is -0.136. The molecule has 5 rings (SSSR count). The summed E-state index contributed by atoms with van der Waals surface area (Å²) in [6, 6.07) is 22.3.